The molecule has 5 rings (SSSR count). The van der Waals surface area contributed by atoms with Crippen LogP contribution in [0.5, 0.6) is 0 Å². The molecule has 144 valence electrons. The summed E-state index contributed by atoms with van der Waals surface area (Å²) in [5.41, 5.74) is 2.68. The topological polar surface area (TPSA) is 122 Å². The maximum absolute atomic E-state index is 11.6. The second kappa shape index (κ2) is 5.14. The van der Waals surface area contributed by atoms with Crippen molar-refractivity contribution >= 4 is 42.0 Å². The van der Waals surface area contributed by atoms with E-state index in [9.17, 15) is 25.9 Å². The molecule has 28 heavy (non-hydrogen) atoms. The zero-order valence-corrected chi connectivity index (χ0v) is 15.9. The Balaban J connectivity index is 1.72. The van der Waals surface area contributed by atoms with E-state index in [0.717, 1.165) is 16.4 Å². The summed E-state index contributed by atoms with van der Waals surface area (Å²) in [6, 6.07) is 12.6. The van der Waals surface area contributed by atoms with Gasteiger partial charge >= 0.3 is 0 Å². The Morgan fingerprint density at radius 2 is 1.57 bits per heavy atom. The van der Waals surface area contributed by atoms with E-state index in [2.05, 4.69) is 0 Å². The number of benzene rings is 3. The normalized spacial score (nSPS) is 13.4. The Hall–Kier alpha value is -2.86. The summed E-state index contributed by atoms with van der Waals surface area (Å²) in [7, 11) is -8.64. The van der Waals surface area contributed by atoms with Crippen molar-refractivity contribution in [2.24, 2.45) is 0 Å². The number of rotatable bonds is 3. The molecule has 0 spiro atoms. The van der Waals surface area contributed by atoms with Crippen LogP contribution in [0, 0.1) is 6.92 Å². The van der Waals surface area contributed by atoms with Gasteiger partial charge in [-0.1, -0.05) is 18.2 Å². The molecule has 0 unspecified atom stereocenters. The highest BCUT2D eigenvalue weighted by Crippen LogP contribution is 2.34. The van der Waals surface area contributed by atoms with Crippen LogP contribution in [0.1, 0.15) is 5.56 Å². The average Bonchev–Trinajstić information content (AvgIpc) is 3.24. The van der Waals surface area contributed by atoms with Gasteiger partial charge in [0.1, 0.15) is 11.0 Å². The smallest absolute Gasteiger partial charge is 0.282 e. The molecule has 0 saturated carbocycles. The summed E-state index contributed by atoms with van der Waals surface area (Å²) in [6.07, 6.45) is 0. The van der Waals surface area contributed by atoms with Crippen molar-refractivity contribution in [3.05, 3.63) is 54.1 Å². The predicted octanol–water partition coefficient (Wildman–Crippen LogP) is 2.38. The highest BCUT2D eigenvalue weighted by molar-refractivity contribution is 7.86. The SMILES string of the molecule is Cc1ccc(-n2n3c4ccc5cc(S(=O)(=O)O)ccc5c4n23)cc1S(=O)(=O)O. The average molecular weight is 419 g/mol. The van der Waals surface area contributed by atoms with Crippen molar-refractivity contribution < 1.29 is 25.9 Å². The van der Waals surface area contributed by atoms with Gasteiger partial charge in [-0.25, -0.2) is 0 Å². The fourth-order valence-electron chi connectivity index (χ4n) is 3.50. The van der Waals surface area contributed by atoms with Crippen molar-refractivity contribution in [3.8, 4) is 5.69 Å². The van der Waals surface area contributed by atoms with E-state index in [1.165, 1.54) is 18.2 Å². The largest absolute Gasteiger partial charge is 0.294 e. The highest BCUT2D eigenvalue weighted by atomic mass is 32.2. The Morgan fingerprint density at radius 1 is 0.821 bits per heavy atom. The number of fused-ring (bicyclic) bond motifs is 6. The molecule has 5 aromatic rings. The molecule has 0 aliphatic rings. The number of aryl methyl sites for hydroxylation is 1. The Labute approximate surface area is 158 Å². The van der Waals surface area contributed by atoms with E-state index < -0.39 is 20.2 Å². The highest BCUT2D eigenvalue weighted by Gasteiger charge is 2.27. The van der Waals surface area contributed by atoms with Crippen LogP contribution in [0.3, 0.4) is 0 Å². The van der Waals surface area contributed by atoms with E-state index >= 15 is 0 Å². The first-order valence-electron chi connectivity index (χ1n) is 8.10. The molecular formula is C17H13N3O6S2. The molecule has 0 radical (unpaired) electrons. The first-order chi connectivity index (χ1) is 13.1. The summed E-state index contributed by atoms with van der Waals surface area (Å²) < 4.78 is 68.1. The lowest BCUT2D eigenvalue weighted by molar-refractivity contribution is 0.480. The zero-order valence-electron chi connectivity index (χ0n) is 14.3. The minimum absolute atomic E-state index is 0.162. The summed E-state index contributed by atoms with van der Waals surface area (Å²) in [5.74, 6) is 0. The second-order valence-electron chi connectivity index (χ2n) is 6.58. The van der Waals surface area contributed by atoms with Crippen LogP contribution in [0.15, 0.2) is 58.3 Å². The third-order valence-corrected chi connectivity index (χ3v) is 6.69. The molecule has 0 atom stereocenters. The van der Waals surface area contributed by atoms with Gasteiger partial charge in [0.15, 0.2) is 0 Å². The standard InChI is InChI=1S/C17H13N3O6S2/c1-10-2-4-12(9-16(10)28(24,25)26)18-19-15-7-3-11-8-13(27(21,22)23)5-6-14(11)17(15)20(18)19/h2-9H,1H3,(H,21,22,23)(H,24,25,26). The molecular weight excluding hydrogens is 406 g/mol. The summed E-state index contributed by atoms with van der Waals surface area (Å²) >= 11 is 0. The molecule has 2 heterocycles. The molecule has 11 heteroatoms. The van der Waals surface area contributed by atoms with Gasteiger partial charge in [0.25, 0.3) is 20.2 Å². The number of aromatic nitrogens is 3. The van der Waals surface area contributed by atoms with Crippen molar-refractivity contribution in [2.75, 3.05) is 0 Å². The Morgan fingerprint density at radius 3 is 2.25 bits per heavy atom. The molecule has 2 aromatic heterocycles. The van der Waals surface area contributed by atoms with Crippen molar-refractivity contribution in [3.63, 3.8) is 0 Å². The summed E-state index contributed by atoms with van der Waals surface area (Å²) in [5, 5.41) is 1.42. The quantitative estimate of drug-likeness (QED) is 0.433. The fourth-order valence-corrected chi connectivity index (χ4v) is 4.76. The minimum Gasteiger partial charge on any atom is -0.282 e. The molecule has 0 amide bonds. The maximum Gasteiger partial charge on any atom is 0.294 e. The van der Waals surface area contributed by atoms with Gasteiger partial charge in [0.2, 0.25) is 0 Å². The van der Waals surface area contributed by atoms with Crippen LogP contribution in [0.2, 0.25) is 0 Å². The van der Waals surface area contributed by atoms with Crippen molar-refractivity contribution in [2.45, 2.75) is 16.7 Å². The van der Waals surface area contributed by atoms with Crippen LogP contribution in [0.4, 0.5) is 0 Å². The second-order valence-corrected chi connectivity index (χ2v) is 9.40. The maximum atomic E-state index is 11.6. The lowest BCUT2D eigenvalue weighted by atomic mass is 10.1. The molecule has 0 bridgehead atoms. The third-order valence-electron chi connectivity index (χ3n) is 4.84. The lowest BCUT2D eigenvalue weighted by Gasteiger charge is -2.05. The van der Waals surface area contributed by atoms with E-state index in [1.54, 1.807) is 46.7 Å². The third kappa shape index (κ3) is 2.31. The molecule has 0 aliphatic heterocycles. The number of hydrogen-bond acceptors (Lipinski definition) is 4. The van der Waals surface area contributed by atoms with Crippen LogP contribution in [-0.2, 0) is 20.2 Å². The zero-order chi connectivity index (χ0) is 20.0. The van der Waals surface area contributed by atoms with Crippen LogP contribution in [-0.4, -0.2) is 40.0 Å². The monoisotopic (exact) mass is 419 g/mol. The number of hydrogen-bond donors (Lipinski definition) is 2. The van der Waals surface area contributed by atoms with E-state index in [0.29, 0.717) is 16.6 Å². The predicted molar refractivity (Wildman–Crippen MR) is 101 cm³/mol. The lowest BCUT2D eigenvalue weighted by Crippen LogP contribution is -2.02. The van der Waals surface area contributed by atoms with Crippen molar-refractivity contribution in [1.82, 2.24) is 14.1 Å². The molecule has 0 aliphatic carbocycles. The molecule has 3 aromatic carbocycles. The van der Waals surface area contributed by atoms with E-state index in [-0.39, 0.29) is 9.79 Å². The number of nitrogens with zero attached hydrogens (tertiary/aromatic N) is 3. The summed E-state index contributed by atoms with van der Waals surface area (Å²) in [4.78, 5) is 1.38. The van der Waals surface area contributed by atoms with Gasteiger partial charge in [0.05, 0.1) is 15.5 Å². The van der Waals surface area contributed by atoms with E-state index in [1.807, 2.05) is 4.63 Å². The first-order valence-corrected chi connectivity index (χ1v) is 11.0. The van der Waals surface area contributed by atoms with Gasteiger partial charge in [-0.3, -0.25) is 9.11 Å². The first kappa shape index (κ1) is 17.3. The van der Waals surface area contributed by atoms with E-state index in [4.69, 9.17) is 0 Å². The Bertz CT molecular complexity index is 1620. The van der Waals surface area contributed by atoms with Gasteiger partial charge in [-0.15, -0.1) is 9.26 Å². The van der Waals surface area contributed by atoms with Gasteiger partial charge in [0, 0.05) is 5.39 Å². The molecule has 9 nitrogen and oxygen atoms in total. The fraction of sp³-hybridized carbons (Fsp3) is 0.0588. The van der Waals surface area contributed by atoms with Crippen LogP contribution < -0.4 is 0 Å². The molecule has 0 saturated heterocycles. The van der Waals surface area contributed by atoms with Crippen molar-refractivity contribution in [1.29, 1.82) is 0 Å². The van der Waals surface area contributed by atoms with Gasteiger partial charge in [-0.2, -0.15) is 21.6 Å². The minimum atomic E-state index is -4.34. The van der Waals surface area contributed by atoms with Crippen LogP contribution >= 0.6 is 0 Å². The Kier molecular flexibility index (Phi) is 3.17. The molecule has 0 fully saturated rings. The van der Waals surface area contributed by atoms with Gasteiger partial charge < -0.3 is 0 Å². The molecule has 2 N–H and O–H groups in total. The van der Waals surface area contributed by atoms with Crippen LogP contribution in [0.25, 0.3) is 27.5 Å². The van der Waals surface area contributed by atoms with Gasteiger partial charge in [-0.05, 0) is 48.2 Å². The summed E-state index contributed by atoms with van der Waals surface area (Å²) in [6.45, 7) is 1.60.